The lowest BCUT2D eigenvalue weighted by atomic mass is 10.0. The zero-order valence-electron chi connectivity index (χ0n) is 15.4. The van der Waals surface area contributed by atoms with Crippen molar-refractivity contribution in [3.05, 3.63) is 48.3 Å². The standard InChI is InChI=1S/C20H21N5O3/c26-19(13-10-16-18(21-11-13)25(12-22-16)15-3-4-15)23-14-5-7-24(8-6-14)20(27)17-2-1-9-28-17/h1-2,9-12,14-15H,3-8H2,(H,23,26). The van der Waals surface area contributed by atoms with Crippen LogP contribution < -0.4 is 5.32 Å². The molecule has 2 fully saturated rings. The fraction of sp³-hybridized carbons (Fsp3) is 0.400. The van der Waals surface area contributed by atoms with Gasteiger partial charge < -0.3 is 19.2 Å². The van der Waals surface area contributed by atoms with E-state index in [1.165, 1.54) is 6.26 Å². The van der Waals surface area contributed by atoms with E-state index in [0.29, 0.717) is 43.3 Å². The Bertz CT molecular complexity index is 1010. The molecular weight excluding hydrogens is 358 g/mol. The van der Waals surface area contributed by atoms with E-state index in [9.17, 15) is 9.59 Å². The van der Waals surface area contributed by atoms with E-state index in [1.807, 2.05) is 6.33 Å². The SMILES string of the molecule is O=C(NC1CCN(C(=O)c2ccco2)CC1)c1cnc2c(c1)ncn2C1CC1. The van der Waals surface area contributed by atoms with Crippen molar-refractivity contribution >= 4 is 23.0 Å². The van der Waals surface area contributed by atoms with E-state index >= 15 is 0 Å². The molecule has 2 amide bonds. The lowest BCUT2D eigenvalue weighted by Crippen LogP contribution is -2.46. The number of likely N-dealkylation sites (tertiary alicyclic amines) is 1. The van der Waals surface area contributed by atoms with Crippen LogP contribution in [0.3, 0.4) is 0 Å². The molecule has 8 heteroatoms. The topological polar surface area (TPSA) is 93.3 Å². The van der Waals surface area contributed by atoms with Gasteiger partial charge in [-0.2, -0.15) is 0 Å². The van der Waals surface area contributed by atoms with E-state index in [-0.39, 0.29) is 17.9 Å². The van der Waals surface area contributed by atoms with Gasteiger partial charge in [-0.25, -0.2) is 9.97 Å². The molecule has 1 saturated carbocycles. The summed E-state index contributed by atoms with van der Waals surface area (Å²) in [5.74, 6) is 0.106. The van der Waals surface area contributed by atoms with Gasteiger partial charge in [0.1, 0.15) is 5.52 Å². The van der Waals surface area contributed by atoms with Gasteiger partial charge in [0.15, 0.2) is 11.4 Å². The van der Waals surface area contributed by atoms with Crippen molar-refractivity contribution in [2.24, 2.45) is 0 Å². The van der Waals surface area contributed by atoms with Crippen LogP contribution in [0.15, 0.2) is 41.4 Å². The number of piperidine rings is 1. The molecule has 4 heterocycles. The highest BCUT2D eigenvalue weighted by Gasteiger charge is 2.27. The molecule has 1 N–H and O–H groups in total. The molecule has 3 aromatic rings. The van der Waals surface area contributed by atoms with Crippen LogP contribution in [0.2, 0.25) is 0 Å². The third kappa shape index (κ3) is 3.15. The minimum atomic E-state index is -0.147. The van der Waals surface area contributed by atoms with Crippen LogP contribution in [0.25, 0.3) is 11.2 Å². The van der Waals surface area contributed by atoms with Crippen LogP contribution in [0.1, 0.15) is 52.6 Å². The predicted octanol–water partition coefficient (Wildman–Crippen LogP) is 2.39. The molecule has 1 aliphatic carbocycles. The van der Waals surface area contributed by atoms with E-state index in [4.69, 9.17) is 4.42 Å². The maximum Gasteiger partial charge on any atom is 0.289 e. The number of rotatable bonds is 4. The summed E-state index contributed by atoms with van der Waals surface area (Å²) in [7, 11) is 0. The molecule has 2 aliphatic rings. The molecule has 1 saturated heterocycles. The largest absolute Gasteiger partial charge is 0.459 e. The maximum absolute atomic E-state index is 12.6. The van der Waals surface area contributed by atoms with Gasteiger partial charge in [0.05, 0.1) is 18.2 Å². The Balaban J connectivity index is 1.20. The summed E-state index contributed by atoms with van der Waals surface area (Å²) in [5.41, 5.74) is 2.10. The molecular formula is C20H21N5O3. The average molecular weight is 379 g/mol. The number of imidazole rings is 1. The van der Waals surface area contributed by atoms with E-state index < -0.39 is 0 Å². The Kier molecular flexibility index (Phi) is 4.11. The van der Waals surface area contributed by atoms with Gasteiger partial charge in [0, 0.05) is 31.4 Å². The molecule has 0 radical (unpaired) electrons. The molecule has 0 aromatic carbocycles. The van der Waals surface area contributed by atoms with Gasteiger partial charge in [-0.05, 0) is 43.9 Å². The first kappa shape index (κ1) is 17.0. The van der Waals surface area contributed by atoms with Gasteiger partial charge in [-0.15, -0.1) is 0 Å². The van der Waals surface area contributed by atoms with Gasteiger partial charge in [0.2, 0.25) is 0 Å². The first-order valence-electron chi connectivity index (χ1n) is 9.65. The van der Waals surface area contributed by atoms with Gasteiger partial charge in [-0.1, -0.05) is 0 Å². The minimum absolute atomic E-state index is 0.0351. The molecule has 1 aliphatic heterocycles. The van der Waals surface area contributed by atoms with Crippen LogP contribution in [0.5, 0.6) is 0 Å². The van der Waals surface area contributed by atoms with Crippen LogP contribution >= 0.6 is 0 Å². The molecule has 3 aromatic heterocycles. The summed E-state index contributed by atoms with van der Waals surface area (Å²) in [6.45, 7) is 1.18. The van der Waals surface area contributed by atoms with Crippen LogP contribution in [0.4, 0.5) is 0 Å². The fourth-order valence-corrected chi connectivity index (χ4v) is 3.71. The summed E-state index contributed by atoms with van der Waals surface area (Å²) in [4.78, 5) is 35.6. The number of aromatic nitrogens is 3. The smallest absolute Gasteiger partial charge is 0.289 e. The van der Waals surface area contributed by atoms with Gasteiger partial charge >= 0.3 is 0 Å². The lowest BCUT2D eigenvalue weighted by Gasteiger charge is -2.31. The van der Waals surface area contributed by atoms with Crippen molar-refractivity contribution < 1.29 is 14.0 Å². The Morgan fingerprint density at radius 1 is 1.14 bits per heavy atom. The number of nitrogens with one attached hydrogen (secondary N) is 1. The zero-order chi connectivity index (χ0) is 19.1. The second-order valence-electron chi connectivity index (χ2n) is 7.47. The number of carbonyl (C=O) groups excluding carboxylic acids is 2. The summed E-state index contributed by atoms with van der Waals surface area (Å²) in [5, 5.41) is 3.06. The minimum Gasteiger partial charge on any atom is -0.459 e. The lowest BCUT2D eigenvalue weighted by molar-refractivity contribution is 0.0667. The summed E-state index contributed by atoms with van der Waals surface area (Å²) in [6.07, 6.45) is 8.68. The Morgan fingerprint density at radius 2 is 1.96 bits per heavy atom. The number of carbonyl (C=O) groups is 2. The number of amides is 2. The second-order valence-corrected chi connectivity index (χ2v) is 7.47. The average Bonchev–Trinajstić information content (AvgIpc) is 3.25. The molecule has 0 spiro atoms. The molecule has 28 heavy (non-hydrogen) atoms. The number of fused-ring (bicyclic) bond motifs is 1. The van der Waals surface area contributed by atoms with E-state index in [1.54, 1.807) is 29.3 Å². The van der Waals surface area contributed by atoms with Gasteiger partial charge in [-0.3, -0.25) is 9.59 Å². The monoisotopic (exact) mass is 379 g/mol. The number of hydrogen-bond donors (Lipinski definition) is 1. The highest BCUT2D eigenvalue weighted by atomic mass is 16.3. The van der Waals surface area contributed by atoms with Crippen LogP contribution in [-0.4, -0.2) is 50.4 Å². The Morgan fingerprint density at radius 3 is 2.68 bits per heavy atom. The molecule has 5 rings (SSSR count). The molecule has 0 atom stereocenters. The van der Waals surface area contributed by atoms with Gasteiger partial charge in [0.25, 0.3) is 11.8 Å². The summed E-state index contributed by atoms with van der Waals surface area (Å²) >= 11 is 0. The number of nitrogens with zero attached hydrogens (tertiary/aromatic N) is 4. The first-order valence-corrected chi connectivity index (χ1v) is 9.65. The normalized spacial score (nSPS) is 17.8. The fourth-order valence-electron chi connectivity index (χ4n) is 3.71. The van der Waals surface area contributed by atoms with E-state index in [0.717, 1.165) is 24.0 Å². The quantitative estimate of drug-likeness (QED) is 0.751. The van der Waals surface area contributed by atoms with Crippen LogP contribution in [0, 0.1) is 0 Å². The van der Waals surface area contributed by atoms with Crippen LogP contribution in [-0.2, 0) is 0 Å². The predicted molar refractivity (Wildman–Crippen MR) is 101 cm³/mol. The summed E-state index contributed by atoms with van der Waals surface area (Å²) < 4.78 is 7.26. The summed E-state index contributed by atoms with van der Waals surface area (Å²) in [6, 6.07) is 5.72. The maximum atomic E-state index is 12.6. The van der Waals surface area contributed by atoms with Crippen molar-refractivity contribution in [2.75, 3.05) is 13.1 Å². The number of pyridine rings is 1. The molecule has 8 nitrogen and oxygen atoms in total. The van der Waals surface area contributed by atoms with Crippen molar-refractivity contribution in [3.63, 3.8) is 0 Å². The Labute approximate surface area is 161 Å². The molecule has 144 valence electrons. The van der Waals surface area contributed by atoms with Crippen molar-refractivity contribution in [3.8, 4) is 0 Å². The third-order valence-corrected chi connectivity index (χ3v) is 5.46. The molecule has 0 unspecified atom stereocenters. The third-order valence-electron chi connectivity index (χ3n) is 5.46. The van der Waals surface area contributed by atoms with E-state index in [2.05, 4.69) is 19.9 Å². The Hall–Kier alpha value is -3.16. The van der Waals surface area contributed by atoms with Crippen molar-refractivity contribution in [1.82, 2.24) is 24.8 Å². The van der Waals surface area contributed by atoms with Crippen molar-refractivity contribution in [2.45, 2.75) is 37.8 Å². The highest BCUT2D eigenvalue weighted by Crippen LogP contribution is 2.36. The highest BCUT2D eigenvalue weighted by molar-refractivity contribution is 5.96. The van der Waals surface area contributed by atoms with Crippen molar-refractivity contribution in [1.29, 1.82) is 0 Å². The number of furan rings is 1. The zero-order valence-corrected chi connectivity index (χ0v) is 15.4. The molecule has 0 bridgehead atoms. The second kappa shape index (κ2) is 6.78. The first-order chi connectivity index (χ1) is 13.7. The number of hydrogen-bond acceptors (Lipinski definition) is 5.